The van der Waals surface area contributed by atoms with Crippen molar-refractivity contribution >= 4 is 5.91 Å². The summed E-state index contributed by atoms with van der Waals surface area (Å²) >= 11 is 0. The van der Waals surface area contributed by atoms with Crippen LogP contribution in [0.4, 0.5) is 0 Å². The van der Waals surface area contributed by atoms with Crippen LogP contribution in [-0.2, 0) is 19.5 Å². The predicted molar refractivity (Wildman–Crippen MR) is 104 cm³/mol. The fraction of sp³-hybridized carbons (Fsp3) is 0.524. The lowest BCUT2D eigenvalue weighted by atomic mass is 10.0. The minimum Gasteiger partial charge on any atom is -0.344 e. The number of rotatable bonds is 6. The summed E-state index contributed by atoms with van der Waals surface area (Å²) in [5.41, 5.74) is 2.94. The van der Waals surface area contributed by atoms with Gasteiger partial charge < -0.3 is 9.88 Å². The van der Waals surface area contributed by atoms with Gasteiger partial charge in [-0.25, -0.2) is 4.98 Å². The Bertz CT molecular complexity index is 748. The summed E-state index contributed by atoms with van der Waals surface area (Å²) in [4.78, 5) is 19.6. The summed E-state index contributed by atoms with van der Waals surface area (Å²) in [5, 5.41) is 3.07. The molecule has 0 fully saturated rings. The smallest absolute Gasteiger partial charge is 0.271 e. The number of aryl methyl sites for hydroxylation is 1. The fourth-order valence-corrected chi connectivity index (χ4v) is 3.48. The number of amides is 1. The van der Waals surface area contributed by atoms with Crippen molar-refractivity contribution in [3.05, 3.63) is 53.1 Å². The van der Waals surface area contributed by atoms with Gasteiger partial charge in [0.2, 0.25) is 0 Å². The van der Waals surface area contributed by atoms with E-state index >= 15 is 0 Å². The molecule has 1 aliphatic rings. The van der Waals surface area contributed by atoms with Gasteiger partial charge in [0.05, 0.1) is 12.6 Å². The third-order valence-electron chi connectivity index (χ3n) is 4.97. The van der Waals surface area contributed by atoms with Crippen LogP contribution in [0.25, 0.3) is 0 Å². The highest BCUT2D eigenvalue weighted by atomic mass is 16.2. The van der Waals surface area contributed by atoms with E-state index in [9.17, 15) is 4.79 Å². The van der Waals surface area contributed by atoms with Crippen molar-refractivity contribution in [3.8, 4) is 0 Å². The lowest BCUT2D eigenvalue weighted by Crippen LogP contribution is -2.35. The Balaban J connectivity index is 1.64. The van der Waals surface area contributed by atoms with Crippen molar-refractivity contribution in [2.75, 3.05) is 13.1 Å². The number of hydrogen-bond acceptors (Lipinski definition) is 3. The lowest BCUT2D eigenvalue weighted by Gasteiger charge is -2.28. The van der Waals surface area contributed by atoms with Crippen LogP contribution in [0.3, 0.4) is 0 Å². The second-order valence-electron chi connectivity index (χ2n) is 7.66. The van der Waals surface area contributed by atoms with E-state index in [1.165, 1.54) is 5.56 Å². The largest absolute Gasteiger partial charge is 0.344 e. The molecule has 1 N–H and O–H groups in total. The lowest BCUT2D eigenvalue weighted by molar-refractivity contribution is 0.0935. The highest BCUT2D eigenvalue weighted by Gasteiger charge is 2.22. The van der Waals surface area contributed by atoms with Gasteiger partial charge in [-0.1, -0.05) is 45.0 Å². The van der Waals surface area contributed by atoms with Gasteiger partial charge >= 0.3 is 0 Å². The first-order valence-corrected chi connectivity index (χ1v) is 9.64. The SMILES string of the molecule is CCc1ccc([C@@H](C)NC(=O)c2cn3c(n2)CN(CC(C)C)CC3)cc1. The third kappa shape index (κ3) is 4.33. The molecular weight excluding hydrogens is 324 g/mol. The molecule has 0 bridgehead atoms. The first-order valence-electron chi connectivity index (χ1n) is 9.64. The molecule has 0 saturated carbocycles. The zero-order valence-corrected chi connectivity index (χ0v) is 16.3. The third-order valence-corrected chi connectivity index (χ3v) is 4.97. The Morgan fingerprint density at radius 3 is 2.58 bits per heavy atom. The molecule has 1 aliphatic heterocycles. The number of carbonyl (C=O) groups is 1. The number of nitrogens with zero attached hydrogens (tertiary/aromatic N) is 3. The highest BCUT2D eigenvalue weighted by Crippen LogP contribution is 2.17. The van der Waals surface area contributed by atoms with Crippen molar-refractivity contribution in [3.63, 3.8) is 0 Å². The van der Waals surface area contributed by atoms with Crippen molar-refractivity contribution < 1.29 is 4.79 Å². The molecule has 1 aromatic heterocycles. The van der Waals surface area contributed by atoms with Crippen LogP contribution in [0.1, 0.15) is 61.2 Å². The van der Waals surface area contributed by atoms with E-state index in [2.05, 4.69) is 64.8 Å². The fourth-order valence-electron chi connectivity index (χ4n) is 3.48. The molecule has 0 radical (unpaired) electrons. The Labute approximate surface area is 156 Å². The molecule has 5 heteroatoms. The van der Waals surface area contributed by atoms with E-state index in [1.54, 1.807) is 0 Å². The molecule has 140 valence electrons. The van der Waals surface area contributed by atoms with Crippen molar-refractivity contribution in [2.45, 2.75) is 53.2 Å². The van der Waals surface area contributed by atoms with Crippen LogP contribution in [0, 0.1) is 5.92 Å². The predicted octanol–water partition coefficient (Wildman–Crippen LogP) is 3.41. The summed E-state index contributed by atoms with van der Waals surface area (Å²) in [7, 11) is 0. The molecule has 26 heavy (non-hydrogen) atoms. The molecule has 1 atom stereocenters. The Morgan fingerprint density at radius 2 is 1.92 bits per heavy atom. The van der Waals surface area contributed by atoms with Gasteiger partial charge in [0, 0.05) is 25.8 Å². The van der Waals surface area contributed by atoms with E-state index in [4.69, 9.17) is 0 Å². The van der Waals surface area contributed by atoms with E-state index in [0.29, 0.717) is 11.6 Å². The van der Waals surface area contributed by atoms with Crippen LogP contribution in [0.5, 0.6) is 0 Å². The minimum absolute atomic E-state index is 0.0374. The van der Waals surface area contributed by atoms with Gasteiger partial charge in [0.1, 0.15) is 11.5 Å². The van der Waals surface area contributed by atoms with Gasteiger partial charge in [0.15, 0.2) is 0 Å². The van der Waals surface area contributed by atoms with Gasteiger partial charge in [-0.2, -0.15) is 0 Å². The molecule has 0 aliphatic carbocycles. The van der Waals surface area contributed by atoms with Gasteiger partial charge in [0.25, 0.3) is 5.91 Å². The maximum atomic E-state index is 12.6. The Hall–Kier alpha value is -2.14. The van der Waals surface area contributed by atoms with Gasteiger partial charge in [-0.05, 0) is 30.4 Å². The van der Waals surface area contributed by atoms with Crippen LogP contribution in [0.15, 0.2) is 30.5 Å². The average Bonchev–Trinajstić information content (AvgIpc) is 3.04. The second-order valence-corrected chi connectivity index (χ2v) is 7.66. The van der Waals surface area contributed by atoms with Crippen LogP contribution >= 0.6 is 0 Å². The molecule has 1 amide bonds. The quantitative estimate of drug-likeness (QED) is 0.865. The van der Waals surface area contributed by atoms with Crippen molar-refractivity contribution in [1.29, 1.82) is 0 Å². The topological polar surface area (TPSA) is 50.2 Å². The number of hydrogen-bond donors (Lipinski definition) is 1. The molecule has 2 aromatic rings. The summed E-state index contributed by atoms with van der Waals surface area (Å²) in [6.07, 6.45) is 2.92. The van der Waals surface area contributed by atoms with Crippen molar-refractivity contribution in [1.82, 2.24) is 19.8 Å². The van der Waals surface area contributed by atoms with Gasteiger partial charge in [-0.15, -0.1) is 0 Å². The highest BCUT2D eigenvalue weighted by molar-refractivity contribution is 5.92. The first kappa shape index (κ1) is 18.6. The monoisotopic (exact) mass is 354 g/mol. The maximum Gasteiger partial charge on any atom is 0.271 e. The number of nitrogens with one attached hydrogen (secondary N) is 1. The summed E-state index contributed by atoms with van der Waals surface area (Å²) < 4.78 is 2.12. The number of fused-ring (bicyclic) bond motifs is 1. The first-order chi connectivity index (χ1) is 12.5. The molecule has 3 rings (SSSR count). The van der Waals surface area contributed by atoms with Crippen LogP contribution < -0.4 is 5.32 Å². The molecular formula is C21H30N4O. The Kier molecular flexibility index (Phi) is 5.77. The average molecular weight is 354 g/mol. The maximum absolute atomic E-state index is 12.6. The summed E-state index contributed by atoms with van der Waals surface area (Å²) in [6.45, 7) is 12.4. The van der Waals surface area contributed by atoms with E-state index < -0.39 is 0 Å². The molecule has 0 unspecified atom stereocenters. The molecule has 0 saturated heterocycles. The zero-order valence-electron chi connectivity index (χ0n) is 16.3. The molecule has 0 spiro atoms. The number of aromatic nitrogens is 2. The second kappa shape index (κ2) is 8.04. The summed E-state index contributed by atoms with van der Waals surface area (Å²) in [5.74, 6) is 1.52. The zero-order chi connectivity index (χ0) is 18.7. The van der Waals surface area contributed by atoms with Gasteiger partial charge in [-0.3, -0.25) is 9.69 Å². The van der Waals surface area contributed by atoms with Crippen LogP contribution in [0.2, 0.25) is 0 Å². The van der Waals surface area contributed by atoms with E-state index in [1.807, 2.05) is 13.1 Å². The number of benzene rings is 1. The van der Waals surface area contributed by atoms with Crippen molar-refractivity contribution in [2.24, 2.45) is 5.92 Å². The standard InChI is InChI=1S/C21H30N4O/c1-5-17-6-8-18(9-7-17)16(4)22-21(26)19-13-25-11-10-24(12-15(2)3)14-20(25)23-19/h6-9,13,15-16H,5,10-12,14H2,1-4H3,(H,22,26)/t16-/m1/s1. The normalized spacial score (nSPS) is 15.7. The Morgan fingerprint density at radius 1 is 1.19 bits per heavy atom. The molecule has 2 heterocycles. The summed E-state index contributed by atoms with van der Waals surface area (Å²) in [6, 6.07) is 8.38. The number of imidazole rings is 1. The number of carbonyl (C=O) groups excluding carboxylic acids is 1. The van der Waals surface area contributed by atoms with E-state index in [-0.39, 0.29) is 11.9 Å². The minimum atomic E-state index is -0.102. The van der Waals surface area contributed by atoms with Crippen LogP contribution in [-0.4, -0.2) is 33.4 Å². The molecule has 1 aromatic carbocycles. The molecule has 5 nitrogen and oxygen atoms in total. The van der Waals surface area contributed by atoms with E-state index in [0.717, 1.165) is 44.0 Å².